The highest BCUT2D eigenvalue weighted by molar-refractivity contribution is 6.30. The molecule has 2 aliphatic rings. The van der Waals surface area contributed by atoms with E-state index in [0.717, 1.165) is 36.2 Å². The third-order valence-corrected chi connectivity index (χ3v) is 7.60. The molecule has 1 aromatic heterocycles. The first-order valence-corrected chi connectivity index (χ1v) is 13.6. The molecule has 2 unspecified atom stereocenters. The highest BCUT2D eigenvalue weighted by Crippen LogP contribution is 2.41. The largest absolute Gasteiger partial charge is 0.493 e. The molecule has 1 fully saturated rings. The number of carbonyl (C=O) groups is 1. The minimum absolute atomic E-state index is 0.195. The Hall–Kier alpha value is -3.37. The van der Waals surface area contributed by atoms with Gasteiger partial charge in [-0.3, -0.25) is 4.79 Å². The van der Waals surface area contributed by atoms with Crippen LogP contribution in [0.4, 0.5) is 14.6 Å². The number of piperazine rings is 1. The van der Waals surface area contributed by atoms with E-state index in [-0.39, 0.29) is 12.5 Å². The first kappa shape index (κ1) is 29.6. The number of carbonyl (C=O) groups excluding carboxylic acids is 1. The molecule has 0 saturated carbocycles. The van der Waals surface area contributed by atoms with Crippen molar-refractivity contribution in [2.45, 2.75) is 57.8 Å². The van der Waals surface area contributed by atoms with Crippen molar-refractivity contribution in [2.24, 2.45) is 0 Å². The number of nitrogens with one attached hydrogen (secondary N) is 2. The number of alkyl halides is 2. The molecular formula is C29H36ClF2N5O3. The van der Waals surface area contributed by atoms with Crippen LogP contribution in [0.1, 0.15) is 43.5 Å². The molecule has 216 valence electrons. The number of aryl methyl sites for hydroxylation is 1. The van der Waals surface area contributed by atoms with Gasteiger partial charge in [-0.2, -0.15) is 5.10 Å². The van der Waals surface area contributed by atoms with Crippen LogP contribution in [0.2, 0.25) is 5.02 Å². The molecule has 0 aliphatic carbocycles. The summed E-state index contributed by atoms with van der Waals surface area (Å²) in [6, 6.07) is 12.2. The molecular weight excluding hydrogens is 540 g/mol. The van der Waals surface area contributed by atoms with E-state index < -0.39 is 12.5 Å². The van der Waals surface area contributed by atoms with E-state index in [1.54, 1.807) is 32.4 Å². The first-order chi connectivity index (χ1) is 19.1. The summed E-state index contributed by atoms with van der Waals surface area (Å²) in [4.78, 5) is 12.2. The lowest BCUT2D eigenvalue weighted by molar-refractivity contribution is -0.121. The maximum atomic E-state index is 13.9. The van der Waals surface area contributed by atoms with Crippen LogP contribution in [0.15, 0.2) is 42.5 Å². The van der Waals surface area contributed by atoms with Crippen LogP contribution in [-0.4, -0.2) is 66.9 Å². The lowest BCUT2D eigenvalue weighted by Gasteiger charge is -2.34. The van der Waals surface area contributed by atoms with Crippen molar-refractivity contribution >= 4 is 23.8 Å². The predicted octanol–water partition coefficient (Wildman–Crippen LogP) is 5.72. The average molecular weight is 576 g/mol. The van der Waals surface area contributed by atoms with Gasteiger partial charge in [-0.15, -0.1) is 0 Å². The van der Waals surface area contributed by atoms with Crippen molar-refractivity contribution in [1.82, 2.24) is 20.0 Å². The number of hydrogen-bond acceptors (Lipinski definition) is 6. The maximum Gasteiger partial charge on any atom is 0.260 e. The van der Waals surface area contributed by atoms with Crippen molar-refractivity contribution in [3.8, 4) is 22.8 Å². The van der Waals surface area contributed by atoms with Gasteiger partial charge >= 0.3 is 0 Å². The van der Waals surface area contributed by atoms with Gasteiger partial charge in [0, 0.05) is 41.8 Å². The second-order valence-electron chi connectivity index (χ2n) is 10.2. The number of nitrogens with zero attached hydrogens (tertiary/aromatic N) is 3. The molecule has 8 nitrogen and oxygen atoms in total. The van der Waals surface area contributed by atoms with E-state index in [2.05, 4.69) is 22.7 Å². The number of halogens is 3. The van der Waals surface area contributed by atoms with Gasteiger partial charge in [-0.1, -0.05) is 23.7 Å². The van der Waals surface area contributed by atoms with Crippen LogP contribution in [-0.2, 0) is 4.79 Å². The summed E-state index contributed by atoms with van der Waals surface area (Å²) in [5.74, 6) is 1.70. The van der Waals surface area contributed by atoms with Crippen molar-refractivity contribution in [3.05, 3.63) is 58.6 Å². The normalized spacial score (nSPS) is 22.1. The van der Waals surface area contributed by atoms with Gasteiger partial charge in [0.25, 0.3) is 6.43 Å². The summed E-state index contributed by atoms with van der Waals surface area (Å²) in [6.45, 7) is 7.81. The van der Waals surface area contributed by atoms with Crippen molar-refractivity contribution in [2.75, 3.05) is 32.6 Å². The van der Waals surface area contributed by atoms with E-state index in [1.165, 1.54) is 4.68 Å². The van der Waals surface area contributed by atoms with Gasteiger partial charge in [0.2, 0.25) is 6.41 Å². The van der Waals surface area contributed by atoms with Crippen molar-refractivity contribution in [3.63, 3.8) is 0 Å². The number of amides is 1. The topological polar surface area (TPSA) is 80.7 Å². The SMILES string of the molecule is COc1ccc(C2CC(C(F)F)n3nc(-c4ccc(Cl)cc4C)cc3N2)cc1OC.C[C@@H]1CN[C@@H](C)CN1C=O. The van der Waals surface area contributed by atoms with Crippen molar-refractivity contribution < 1.29 is 23.0 Å². The number of aromatic nitrogens is 2. The minimum Gasteiger partial charge on any atom is -0.493 e. The minimum atomic E-state index is -2.55. The Morgan fingerprint density at radius 2 is 1.85 bits per heavy atom. The van der Waals surface area contributed by atoms with Gasteiger partial charge in [-0.05, 0) is 62.6 Å². The van der Waals surface area contributed by atoms with Gasteiger partial charge in [0.1, 0.15) is 11.9 Å². The third-order valence-electron chi connectivity index (χ3n) is 7.36. The number of methoxy groups -OCH3 is 2. The van der Waals surface area contributed by atoms with Crippen molar-refractivity contribution in [1.29, 1.82) is 0 Å². The predicted molar refractivity (Wildman–Crippen MR) is 153 cm³/mol. The standard InChI is InChI=1S/C22H22ClF2N3O2.C7H14N2O/c1-12-8-14(23)5-6-15(12)17-11-21-26-16(10-18(22(24)25)28(21)27-17)13-4-7-19(29-2)20(9-13)30-3;1-6-4-9(5-10)7(2)3-8-6/h4-9,11,16,18,22,26H,10H2,1-3H3;5-8H,3-4H2,1-2H3/t;6-,7+/m.0/s1. The summed E-state index contributed by atoms with van der Waals surface area (Å²) in [6.07, 6.45) is -1.42. The number of hydrogen-bond donors (Lipinski definition) is 2. The Labute approximate surface area is 238 Å². The van der Waals surface area contributed by atoms with E-state index in [4.69, 9.17) is 21.1 Å². The summed E-state index contributed by atoms with van der Waals surface area (Å²) in [5.41, 5.74) is 3.27. The summed E-state index contributed by atoms with van der Waals surface area (Å²) in [5, 5.41) is 11.8. The summed E-state index contributed by atoms with van der Waals surface area (Å²) >= 11 is 6.05. The smallest absolute Gasteiger partial charge is 0.260 e. The number of rotatable bonds is 6. The fourth-order valence-electron chi connectivity index (χ4n) is 5.08. The molecule has 5 rings (SSSR count). The fourth-order valence-corrected chi connectivity index (χ4v) is 5.30. The molecule has 0 radical (unpaired) electrons. The zero-order valence-electron chi connectivity index (χ0n) is 23.3. The zero-order chi connectivity index (χ0) is 29.0. The second kappa shape index (κ2) is 12.9. The number of ether oxygens (including phenoxy) is 2. The van der Waals surface area contributed by atoms with Crippen LogP contribution >= 0.6 is 11.6 Å². The van der Waals surface area contributed by atoms with E-state index in [0.29, 0.717) is 40.1 Å². The number of anilines is 1. The van der Waals surface area contributed by atoms with Gasteiger partial charge in [0.05, 0.1) is 26.0 Å². The van der Waals surface area contributed by atoms with E-state index in [1.807, 2.05) is 43.0 Å². The Kier molecular flexibility index (Phi) is 9.52. The maximum absolute atomic E-state index is 13.9. The van der Waals surface area contributed by atoms with E-state index >= 15 is 0 Å². The monoisotopic (exact) mass is 575 g/mol. The van der Waals surface area contributed by atoms with Crippen LogP contribution < -0.4 is 20.1 Å². The molecule has 2 N–H and O–H groups in total. The second-order valence-corrected chi connectivity index (χ2v) is 10.7. The quantitative estimate of drug-likeness (QED) is 0.366. The number of fused-ring (bicyclic) bond motifs is 1. The molecule has 2 aromatic carbocycles. The lowest BCUT2D eigenvalue weighted by Crippen LogP contribution is -2.53. The van der Waals surface area contributed by atoms with Crippen LogP contribution in [0, 0.1) is 6.92 Å². The summed E-state index contributed by atoms with van der Waals surface area (Å²) < 4.78 is 39.9. The van der Waals surface area contributed by atoms with Gasteiger partial charge < -0.3 is 25.0 Å². The molecule has 2 aliphatic heterocycles. The summed E-state index contributed by atoms with van der Waals surface area (Å²) in [7, 11) is 3.11. The Bertz CT molecular complexity index is 1320. The fraction of sp³-hybridized carbons (Fsp3) is 0.448. The van der Waals surface area contributed by atoms with Gasteiger partial charge in [0.15, 0.2) is 11.5 Å². The molecule has 0 bridgehead atoms. The van der Waals surface area contributed by atoms with E-state index in [9.17, 15) is 13.6 Å². The Morgan fingerprint density at radius 1 is 1.10 bits per heavy atom. The van der Waals surface area contributed by atoms with Gasteiger partial charge in [-0.25, -0.2) is 13.5 Å². The molecule has 11 heteroatoms. The molecule has 1 saturated heterocycles. The average Bonchev–Trinajstić information content (AvgIpc) is 3.37. The van der Waals surface area contributed by atoms with Crippen LogP contribution in [0.5, 0.6) is 11.5 Å². The molecule has 3 heterocycles. The van der Waals surface area contributed by atoms with Crippen LogP contribution in [0.25, 0.3) is 11.3 Å². The molecule has 40 heavy (non-hydrogen) atoms. The first-order valence-electron chi connectivity index (χ1n) is 13.2. The number of benzene rings is 2. The molecule has 0 spiro atoms. The lowest BCUT2D eigenvalue weighted by atomic mass is 9.97. The molecule has 4 atom stereocenters. The zero-order valence-corrected chi connectivity index (χ0v) is 24.1. The molecule has 3 aromatic rings. The third kappa shape index (κ3) is 6.50. The molecule has 1 amide bonds. The van der Waals surface area contributed by atoms with Crippen LogP contribution in [0.3, 0.4) is 0 Å². The Balaban J connectivity index is 0.000000312. The highest BCUT2D eigenvalue weighted by Gasteiger charge is 2.35. The Morgan fingerprint density at radius 3 is 2.48 bits per heavy atom. The highest BCUT2D eigenvalue weighted by atomic mass is 35.5.